The normalized spacial score (nSPS) is 16.7. The van der Waals surface area contributed by atoms with Crippen molar-refractivity contribution >= 4 is 32.6 Å². The third kappa shape index (κ3) is 4.46. The van der Waals surface area contributed by atoms with Gasteiger partial charge >= 0.3 is 0 Å². The molecule has 1 atom stereocenters. The monoisotopic (exact) mass is 453 g/mol. The molecule has 0 radical (unpaired) electrons. The number of sulfonamides is 1. The molecule has 0 saturated carbocycles. The highest BCUT2D eigenvalue weighted by Crippen LogP contribution is 2.29. The number of rotatable bonds is 6. The molecule has 0 spiro atoms. The van der Waals surface area contributed by atoms with Crippen LogP contribution < -0.4 is 10.6 Å². The van der Waals surface area contributed by atoms with Crippen molar-refractivity contribution in [3.8, 4) is 0 Å². The lowest BCUT2D eigenvalue weighted by molar-refractivity contribution is -0.120. The SMILES string of the molecule is Cc1cncc2cccc(S(=O)(=O)N3CC[C@@H](NC(=O)CNC(=O)c4cccnc4)C3)c12. The fourth-order valence-electron chi connectivity index (χ4n) is 3.83. The zero-order valence-electron chi connectivity index (χ0n) is 17.5. The summed E-state index contributed by atoms with van der Waals surface area (Å²) in [5.74, 6) is -0.775. The van der Waals surface area contributed by atoms with Gasteiger partial charge in [-0.25, -0.2) is 8.42 Å². The molecule has 10 heteroatoms. The summed E-state index contributed by atoms with van der Waals surface area (Å²) < 4.78 is 28.1. The molecule has 32 heavy (non-hydrogen) atoms. The van der Waals surface area contributed by atoms with Crippen molar-refractivity contribution in [2.75, 3.05) is 19.6 Å². The summed E-state index contributed by atoms with van der Waals surface area (Å²) in [6.45, 7) is 2.11. The van der Waals surface area contributed by atoms with Gasteiger partial charge in [-0.05, 0) is 37.1 Å². The highest BCUT2D eigenvalue weighted by molar-refractivity contribution is 7.89. The van der Waals surface area contributed by atoms with Crippen LogP contribution in [0.4, 0.5) is 0 Å². The first-order chi connectivity index (χ1) is 15.4. The van der Waals surface area contributed by atoms with Crippen molar-refractivity contribution in [3.63, 3.8) is 0 Å². The van der Waals surface area contributed by atoms with Crippen LogP contribution in [0.2, 0.25) is 0 Å². The summed E-state index contributed by atoms with van der Waals surface area (Å²) in [6, 6.07) is 8.05. The molecule has 2 amide bonds. The second-order valence-corrected chi connectivity index (χ2v) is 9.56. The number of hydrogen-bond donors (Lipinski definition) is 2. The lowest BCUT2D eigenvalue weighted by Gasteiger charge is -2.19. The predicted octanol–water partition coefficient (Wildman–Crippen LogP) is 1.25. The average molecular weight is 454 g/mol. The lowest BCUT2D eigenvalue weighted by Crippen LogP contribution is -2.43. The van der Waals surface area contributed by atoms with Gasteiger partial charge in [0, 0.05) is 54.7 Å². The topological polar surface area (TPSA) is 121 Å². The Morgan fingerprint density at radius 2 is 1.97 bits per heavy atom. The Morgan fingerprint density at radius 1 is 1.12 bits per heavy atom. The molecule has 2 N–H and O–H groups in total. The minimum Gasteiger partial charge on any atom is -0.350 e. The summed E-state index contributed by atoms with van der Waals surface area (Å²) >= 11 is 0. The van der Waals surface area contributed by atoms with Crippen LogP contribution in [0.15, 0.2) is 60.0 Å². The number of fused-ring (bicyclic) bond motifs is 1. The Labute approximate surface area is 185 Å². The zero-order valence-corrected chi connectivity index (χ0v) is 18.3. The van der Waals surface area contributed by atoms with E-state index in [-0.39, 0.29) is 29.9 Å². The Bertz CT molecular complexity index is 1260. The molecule has 4 rings (SSSR count). The molecule has 1 aromatic carbocycles. The molecule has 2 aromatic heterocycles. The summed E-state index contributed by atoms with van der Waals surface area (Å²) in [5, 5.41) is 6.76. The number of aryl methyl sites for hydroxylation is 1. The number of nitrogens with zero attached hydrogens (tertiary/aromatic N) is 3. The molecular formula is C22H23N5O4S. The van der Waals surface area contributed by atoms with Gasteiger partial charge in [-0.3, -0.25) is 19.6 Å². The first-order valence-electron chi connectivity index (χ1n) is 10.2. The van der Waals surface area contributed by atoms with E-state index in [0.29, 0.717) is 23.9 Å². The summed E-state index contributed by atoms with van der Waals surface area (Å²) in [6.07, 6.45) is 6.76. The lowest BCUT2D eigenvalue weighted by atomic mass is 10.1. The van der Waals surface area contributed by atoms with Gasteiger partial charge in [-0.15, -0.1) is 0 Å². The smallest absolute Gasteiger partial charge is 0.253 e. The number of nitrogens with one attached hydrogen (secondary N) is 2. The molecule has 1 aliphatic rings. The second-order valence-electron chi connectivity index (χ2n) is 7.65. The number of carbonyl (C=O) groups is 2. The molecule has 3 aromatic rings. The minimum atomic E-state index is -3.74. The van der Waals surface area contributed by atoms with Crippen LogP contribution in [0.3, 0.4) is 0 Å². The van der Waals surface area contributed by atoms with Gasteiger partial charge in [0.15, 0.2) is 0 Å². The van der Waals surface area contributed by atoms with Crippen molar-refractivity contribution in [1.29, 1.82) is 0 Å². The van der Waals surface area contributed by atoms with Crippen LogP contribution >= 0.6 is 0 Å². The van der Waals surface area contributed by atoms with E-state index in [9.17, 15) is 18.0 Å². The maximum Gasteiger partial charge on any atom is 0.253 e. The first-order valence-corrected chi connectivity index (χ1v) is 11.6. The van der Waals surface area contributed by atoms with Crippen LogP contribution in [0.1, 0.15) is 22.3 Å². The third-order valence-corrected chi connectivity index (χ3v) is 7.31. The molecule has 0 bridgehead atoms. The van der Waals surface area contributed by atoms with Crippen LogP contribution in [0.5, 0.6) is 0 Å². The predicted molar refractivity (Wildman–Crippen MR) is 118 cm³/mol. The summed E-state index contributed by atoms with van der Waals surface area (Å²) in [5.41, 5.74) is 1.15. The number of pyridine rings is 2. The summed E-state index contributed by atoms with van der Waals surface area (Å²) in [7, 11) is -3.74. The van der Waals surface area contributed by atoms with Crippen molar-refractivity contribution < 1.29 is 18.0 Å². The number of carbonyl (C=O) groups excluding carboxylic acids is 2. The van der Waals surface area contributed by atoms with Gasteiger partial charge in [0.05, 0.1) is 17.0 Å². The molecule has 0 aliphatic carbocycles. The van der Waals surface area contributed by atoms with E-state index in [1.165, 1.54) is 10.5 Å². The van der Waals surface area contributed by atoms with E-state index in [2.05, 4.69) is 20.6 Å². The van der Waals surface area contributed by atoms with Gasteiger partial charge < -0.3 is 10.6 Å². The number of benzene rings is 1. The third-order valence-electron chi connectivity index (χ3n) is 5.40. The summed E-state index contributed by atoms with van der Waals surface area (Å²) in [4.78, 5) is 32.6. The largest absolute Gasteiger partial charge is 0.350 e. The number of hydrogen-bond acceptors (Lipinski definition) is 6. The van der Waals surface area contributed by atoms with Crippen LogP contribution in [0.25, 0.3) is 10.8 Å². The average Bonchev–Trinajstić information content (AvgIpc) is 3.27. The first kappa shape index (κ1) is 21.8. The fraction of sp³-hybridized carbons (Fsp3) is 0.273. The van der Waals surface area contributed by atoms with Gasteiger partial charge in [0.1, 0.15) is 0 Å². The standard InChI is InChI=1S/C22H23N5O4S/c1-15-10-24-11-16-4-2-6-19(21(15)16)32(30,31)27-9-7-18(14-27)26-20(28)13-25-22(29)17-5-3-8-23-12-17/h2-6,8,10-12,18H,7,9,13-14H2,1H3,(H,25,29)(H,26,28)/t18-/m1/s1. The van der Waals surface area contributed by atoms with E-state index >= 15 is 0 Å². The van der Waals surface area contributed by atoms with E-state index in [1.807, 2.05) is 13.0 Å². The van der Waals surface area contributed by atoms with E-state index in [1.54, 1.807) is 42.9 Å². The van der Waals surface area contributed by atoms with Crippen molar-refractivity contribution in [2.24, 2.45) is 0 Å². The molecule has 3 heterocycles. The molecule has 1 aliphatic heterocycles. The molecule has 166 valence electrons. The molecule has 9 nitrogen and oxygen atoms in total. The van der Waals surface area contributed by atoms with Crippen molar-refractivity contribution in [1.82, 2.24) is 24.9 Å². The second kappa shape index (κ2) is 9.01. The van der Waals surface area contributed by atoms with Gasteiger partial charge in [0.2, 0.25) is 15.9 Å². The van der Waals surface area contributed by atoms with Gasteiger partial charge in [0.25, 0.3) is 5.91 Å². The number of amides is 2. The van der Waals surface area contributed by atoms with Crippen molar-refractivity contribution in [2.45, 2.75) is 24.3 Å². The Kier molecular flexibility index (Phi) is 6.15. The highest BCUT2D eigenvalue weighted by atomic mass is 32.2. The molecule has 1 fully saturated rings. The van der Waals surface area contributed by atoms with Crippen LogP contribution in [-0.2, 0) is 14.8 Å². The van der Waals surface area contributed by atoms with Crippen LogP contribution in [0, 0.1) is 6.92 Å². The van der Waals surface area contributed by atoms with Crippen molar-refractivity contribution in [3.05, 3.63) is 66.2 Å². The Balaban J connectivity index is 1.39. The van der Waals surface area contributed by atoms with Gasteiger partial charge in [-0.1, -0.05) is 12.1 Å². The Morgan fingerprint density at radius 3 is 2.75 bits per heavy atom. The van der Waals surface area contributed by atoms with Gasteiger partial charge in [-0.2, -0.15) is 4.31 Å². The Hall–Kier alpha value is -3.37. The zero-order chi connectivity index (χ0) is 22.7. The van der Waals surface area contributed by atoms with Crippen LogP contribution in [-0.4, -0.2) is 60.2 Å². The highest BCUT2D eigenvalue weighted by Gasteiger charge is 2.34. The molecule has 0 unspecified atom stereocenters. The molecule has 1 saturated heterocycles. The quantitative estimate of drug-likeness (QED) is 0.579. The van der Waals surface area contributed by atoms with E-state index in [0.717, 1.165) is 10.9 Å². The maximum absolute atomic E-state index is 13.3. The number of aromatic nitrogens is 2. The minimum absolute atomic E-state index is 0.172. The molecular weight excluding hydrogens is 430 g/mol. The fourth-order valence-corrected chi connectivity index (χ4v) is 5.62. The van der Waals surface area contributed by atoms with E-state index < -0.39 is 15.9 Å². The maximum atomic E-state index is 13.3. The van der Waals surface area contributed by atoms with E-state index in [4.69, 9.17) is 0 Å².